The van der Waals surface area contributed by atoms with Crippen molar-refractivity contribution < 1.29 is 14.6 Å². The maximum absolute atomic E-state index is 10.1. The Labute approximate surface area is 61.0 Å². The lowest BCUT2D eigenvalue weighted by molar-refractivity contribution is -0.317. The Bertz CT molecular complexity index is 111. The molecule has 0 saturated carbocycles. The predicted octanol–water partition coefficient (Wildman–Crippen LogP) is -0.0601. The van der Waals surface area contributed by atoms with Crippen LogP contribution in [0.3, 0.4) is 0 Å². The Hall–Kier alpha value is -0.570. The third-order valence-corrected chi connectivity index (χ3v) is 1.34. The van der Waals surface area contributed by atoms with E-state index in [0.717, 1.165) is 6.42 Å². The first-order valence-corrected chi connectivity index (χ1v) is 3.44. The summed E-state index contributed by atoms with van der Waals surface area (Å²) in [5.41, 5.74) is 0. The Kier molecular flexibility index (Phi) is 4.03. The first-order chi connectivity index (χ1) is 4.57. The van der Waals surface area contributed by atoms with E-state index in [9.17, 15) is 9.90 Å². The summed E-state index contributed by atoms with van der Waals surface area (Å²) in [7, 11) is 0. The Morgan fingerprint density at radius 1 is 1.60 bits per heavy atom. The van der Waals surface area contributed by atoms with Crippen LogP contribution < -0.4 is 5.11 Å². The number of rotatable bonds is 4. The van der Waals surface area contributed by atoms with Gasteiger partial charge < -0.3 is 14.6 Å². The van der Waals surface area contributed by atoms with Gasteiger partial charge in [-0.2, -0.15) is 0 Å². The van der Waals surface area contributed by atoms with Gasteiger partial charge in [-0.3, -0.25) is 0 Å². The Morgan fingerprint density at radius 2 is 2.10 bits per heavy atom. The van der Waals surface area contributed by atoms with E-state index in [0.29, 0.717) is 0 Å². The molecule has 0 amide bonds. The molecule has 2 unspecified atom stereocenters. The van der Waals surface area contributed by atoms with E-state index >= 15 is 0 Å². The van der Waals surface area contributed by atoms with Crippen LogP contribution >= 0.6 is 0 Å². The topological polar surface area (TPSA) is 49.4 Å². The van der Waals surface area contributed by atoms with Crippen LogP contribution in [-0.4, -0.2) is 18.2 Å². The quantitative estimate of drug-likeness (QED) is 0.556. The molecule has 0 heterocycles. The van der Waals surface area contributed by atoms with Crippen molar-refractivity contribution >= 4 is 5.97 Å². The van der Waals surface area contributed by atoms with Gasteiger partial charge in [-0.25, -0.2) is 0 Å². The van der Waals surface area contributed by atoms with E-state index in [1.54, 1.807) is 0 Å². The average Bonchev–Trinajstić information content (AvgIpc) is 1.87. The molecular formula is C7H13O3-. The summed E-state index contributed by atoms with van der Waals surface area (Å²) < 4.78 is 5.00. The summed E-state index contributed by atoms with van der Waals surface area (Å²) in [4.78, 5) is 10.1. The van der Waals surface area contributed by atoms with Crippen LogP contribution in [0.1, 0.15) is 27.2 Å². The van der Waals surface area contributed by atoms with Crippen molar-refractivity contribution in [3.63, 3.8) is 0 Å². The van der Waals surface area contributed by atoms with Gasteiger partial charge in [-0.1, -0.05) is 6.92 Å². The first-order valence-electron chi connectivity index (χ1n) is 3.44. The standard InChI is InChI=1S/C7H14O3/c1-4-5(2)10-6(3)7(8)9/h5-6H,4H2,1-3H3,(H,8,9)/p-1. The summed E-state index contributed by atoms with van der Waals surface area (Å²) in [6.45, 7) is 5.24. The number of carboxylic acid groups (broad SMARTS) is 1. The van der Waals surface area contributed by atoms with Crippen LogP contribution in [0.2, 0.25) is 0 Å². The number of carbonyl (C=O) groups is 1. The lowest BCUT2D eigenvalue weighted by Crippen LogP contribution is -2.37. The molecule has 10 heavy (non-hydrogen) atoms. The van der Waals surface area contributed by atoms with Crippen molar-refractivity contribution in [3.05, 3.63) is 0 Å². The van der Waals surface area contributed by atoms with Crippen LogP contribution in [0.15, 0.2) is 0 Å². The fourth-order valence-electron chi connectivity index (χ4n) is 0.500. The maximum atomic E-state index is 10.1. The van der Waals surface area contributed by atoms with Gasteiger partial charge in [0.05, 0.1) is 18.2 Å². The molecule has 0 aliphatic heterocycles. The van der Waals surface area contributed by atoms with Crippen molar-refractivity contribution in [3.8, 4) is 0 Å². The van der Waals surface area contributed by atoms with Crippen LogP contribution in [0.25, 0.3) is 0 Å². The molecule has 0 aromatic carbocycles. The van der Waals surface area contributed by atoms with Gasteiger partial charge in [0.1, 0.15) is 0 Å². The van der Waals surface area contributed by atoms with E-state index in [4.69, 9.17) is 4.74 Å². The first kappa shape index (κ1) is 9.43. The second kappa shape index (κ2) is 4.28. The second-order valence-electron chi connectivity index (χ2n) is 2.32. The molecule has 0 aliphatic carbocycles. The van der Waals surface area contributed by atoms with Crippen LogP contribution in [0.5, 0.6) is 0 Å². The number of hydrogen-bond acceptors (Lipinski definition) is 3. The molecule has 0 fully saturated rings. The summed E-state index contributed by atoms with van der Waals surface area (Å²) in [6, 6.07) is 0. The molecule has 0 rings (SSSR count). The molecule has 60 valence electrons. The SMILES string of the molecule is CCC(C)OC(C)C(=O)[O-]. The molecular weight excluding hydrogens is 132 g/mol. The van der Waals surface area contributed by atoms with Crippen LogP contribution in [-0.2, 0) is 9.53 Å². The number of carboxylic acids is 1. The fraction of sp³-hybridized carbons (Fsp3) is 0.857. The van der Waals surface area contributed by atoms with Gasteiger partial charge in [0.25, 0.3) is 0 Å². The van der Waals surface area contributed by atoms with Gasteiger partial charge in [-0.05, 0) is 20.3 Å². The molecule has 0 N–H and O–H groups in total. The minimum atomic E-state index is -1.15. The highest BCUT2D eigenvalue weighted by atomic mass is 16.5. The number of carbonyl (C=O) groups excluding carboxylic acids is 1. The third kappa shape index (κ3) is 3.45. The summed E-state index contributed by atoms with van der Waals surface area (Å²) >= 11 is 0. The minimum Gasteiger partial charge on any atom is -0.547 e. The van der Waals surface area contributed by atoms with E-state index < -0.39 is 12.1 Å². The highest BCUT2D eigenvalue weighted by Crippen LogP contribution is 1.99. The van der Waals surface area contributed by atoms with Crippen molar-refractivity contribution in [2.75, 3.05) is 0 Å². The highest BCUT2D eigenvalue weighted by Gasteiger charge is 2.06. The van der Waals surface area contributed by atoms with Crippen LogP contribution in [0, 0.1) is 0 Å². The van der Waals surface area contributed by atoms with Gasteiger partial charge >= 0.3 is 0 Å². The number of hydrogen-bond donors (Lipinski definition) is 0. The van der Waals surface area contributed by atoms with E-state index in [-0.39, 0.29) is 6.10 Å². The number of ether oxygens (including phenoxy) is 1. The van der Waals surface area contributed by atoms with Crippen molar-refractivity contribution in [2.45, 2.75) is 39.4 Å². The lowest BCUT2D eigenvalue weighted by atomic mass is 10.3. The predicted molar refractivity (Wildman–Crippen MR) is 35.3 cm³/mol. The monoisotopic (exact) mass is 145 g/mol. The molecule has 3 nitrogen and oxygen atoms in total. The third-order valence-electron chi connectivity index (χ3n) is 1.34. The fourth-order valence-corrected chi connectivity index (χ4v) is 0.500. The molecule has 0 aromatic rings. The molecule has 3 heteroatoms. The summed E-state index contributed by atoms with van der Waals surface area (Å²) in [5.74, 6) is -1.15. The van der Waals surface area contributed by atoms with Gasteiger partial charge in [0, 0.05) is 0 Å². The molecule has 0 bridgehead atoms. The van der Waals surface area contributed by atoms with Crippen LogP contribution in [0.4, 0.5) is 0 Å². The molecule has 0 aromatic heterocycles. The molecule has 0 saturated heterocycles. The highest BCUT2D eigenvalue weighted by molar-refractivity contribution is 5.69. The lowest BCUT2D eigenvalue weighted by Gasteiger charge is -2.18. The minimum absolute atomic E-state index is 0.00657. The average molecular weight is 145 g/mol. The van der Waals surface area contributed by atoms with Crippen molar-refractivity contribution in [1.29, 1.82) is 0 Å². The molecule has 0 radical (unpaired) electrons. The molecule has 0 aliphatic rings. The van der Waals surface area contributed by atoms with Gasteiger partial charge in [-0.15, -0.1) is 0 Å². The van der Waals surface area contributed by atoms with Crippen molar-refractivity contribution in [2.24, 2.45) is 0 Å². The normalized spacial score (nSPS) is 16.3. The molecule has 0 spiro atoms. The second-order valence-corrected chi connectivity index (χ2v) is 2.32. The Morgan fingerprint density at radius 3 is 2.40 bits per heavy atom. The zero-order valence-electron chi connectivity index (χ0n) is 6.59. The van der Waals surface area contributed by atoms with Gasteiger partial charge in [0.15, 0.2) is 0 Å². The summed E-state index contributed by atoms with van der Waals surface area (Å²) in [5, 5.41) is 10.1. The van der Waals surface area contributed by atoms with Gasteiger partial charge in [0.2, 0.25) is 0 Å². The van der Waals surface area contributed by atoms with E-state index in [1.165, 1.54) is 6.92 Å². The number of aliphatic carboxylic acids is 1. The van der Waals surface area contributed by atoms with E-state index in [2.05, 4.69) is 0 Å². The largest absolute Gasteiger partial charge is 0.547 e. The maximum Gasteiger partial charge on any atom is 0.0944 e. The zero-order chi connectivity index (χ0) is 8.15. The Balaban J connectivity index is 3.56. The summed E-state index contributed by atoms with van der Waals surface area (Å²) in [6.07, 6.45) is 0.0142. The molecule has 2 atom stereocenters. The smallest absolute Gasteiger partial charge is 0.0944 e. The van der Waals surface area contributed by atoms with E-state index in [1.807, 2.05) is 13.8 Å². The zero-order valence-corrected chi connectivity index (χ0v) is 6.59. The van der Waals surface area contributed by atoms with Crippen molar-refractivity contribution in [1.82, 2.24) is 0 Å².